The van der Waals surface area contributed by atoms with Gasteiger partial charge in [-0.1, -0.05) is 24.0 Å². The van der Waals surface area contributed by atoms with Crippen LogP contribution in [-0.2, 0) is 9.53 Å². The average molecular weight is 312 g/mol. The standard InChI is InChI=1S/C12H16N4O2S2/c1-3-18-10(17)8-20-12(19)16(2)15-11(13)9-4-6-14-7-5-9/h4-7H,3,8H2,1-2H3,(H2,13,15). The van der Waals surface area contributed by atoms with Gasteiger partial charge in [0.05, 0.1) is 12.4 Å². The lowest BCUT2D eigenvalue weighted by molar-refractivity contribution is -0.139. The molecular weight excluding hydrogens is 296 g/mol. The second kappa shape index (κ2) is 8.49. The fraction of sp³-hybridized carbons (Fsp3) is 0.333. The topological polar surface area (TPSA) is 80.8 Å². The quantitative estimate of drug-likeness (QED) is 0.288. The van der Waals surface area contributed by atoms with Gasteiger partial charge in [0, 0.05) is 25.0 Å². The lowest BCUT2D eigenvalue weighted by Gasteiger charge is -2.14. The van der Waals surface area contributed by atoms with Gasteiger partial charge in [0.15, 0.2) is 10.2 Å². The third kappa shape index (κ3) is 5.54. The number of hydrogen-bond donors (Lipinski definition) is 1. The van der Waals surface area contributed by atoms with Gasteiger partial charge in [0.1, 0.15) is 0 Å². The van der Waals surface area contributed by atoms with E-state index in [0.29, 0.717) is 16.8 Å². The molecule has 108 valence electrons. The Morgan fingerprint density at radius 2 is 2.20 bits per heavy atom. The molecule has 1 aromatic heterocycles. The number of rotatable bonds is 5. The highest BCUT2D eigenvalue weighted by Gasteiger charge is 2.09. The van der Waals surface area contributed by atoms with E-state index in [1.807, 2.05) is 0 Å². The van der Waals surface area contributed by atoms with E-state index in [1.165, 1.54) is 16.8 Å². The number of thioether (sulfide) groups is 1. The van der Waals surface area contributed by atoms with Crippen molar-refractivity contribution in [2.45, 2.75) is 6.92 Å². The third-order valence-corrected chi connectivity index (χ3v) is 3.63. The molecule has 8 heteroatoms. The Kier molecular flexibility index (Phi) is 6.96. The summed E-state index contributed by atoms with van der Waals surface area (Å²) in [7, 11) is 1.68. The Hall–Kier alpha value is -1.67. The number of aromatic nitrogens is 1. The zero-order valence-corrected chi connectivity index (χ0v) is 12.9. The summed E-state index contributed by atoms with van der Waals surface area (Å²) < 4.78 is 5.26. The van der Waals surface area contributed by atoms with Gasteiger partial charge in [-0.15, -0.1) is 0 Å². The van der Waals surface area contributed by atoms with Crippen molar-refractivity contribution < 1.29 is 9.53 Å². The molecule has 0 aliphatic rings. The number of carbonyl (C=O) groups is 1. The van der Waals surface area contributed by atoms with Crippen molar-refractivity contribution in [2.75, 3.05) is 19.4 Å². The highest BCUT2D eigenvalue weighted by molar-refractivity contribution is 8.23. The van der Waals surface area contributed by atoms with Crippen LogP contribution >= 0.6 is 24.0 Å². The first kappa shape index (κ1) is 16.4. The van der Waals surface area contributed by atoms with Gasteiger partial charge in [-0.25, -0.2) is 5.01 Å². The zero-order valence-electron chi connectivity index (χ0n) is 11.3. The molecule has 6 nitrogen and oxygen atoms in total. The number of nitrogens with zero attached hydrogens (tertiary/aromatic N) is 3. The summed E-state index contributed by atoms with van der Waals surface area (Å²) in [4.78, 5) is 15.1. The molecule has 0 aliphatic carbocycles. The number of amidine groups is 1. The minimum atomic E-state index is -0.306. The Morgan fingerprint density at radius 3 is 2.80 bits per heavy atom. The SMILES string of the molecule is CCOC(=O)CSC(=S)N(C)/N=C(\N)c1ccncc1. The first-order valence-electron chi connectivity index (χ1n) is 5.85. The van der Waals surface area contributed by atoms with Gasteiger partial charge in [-0.3, -0.25) is 9.78 Å². The molecule has 0 aromatic carbocycles. The predicted octanol–water partition coefficient (Wildman–Crippen LogP) is 1.21. The minimum absolute atomic E-state index is 0.154. The first-order valence-corrected chi connectivity index (χ1v) is 7.24. The molecule has 0 saturated carbocycles. The van der Waals surface area contributed by atoms with Crippen LogP contribution in [0.1, 0.15) is 12.5 Å². The Balaban J connectivity index is 2.55. The fourth-order valence-electron chi connectivity index (χ4n) is 1.20. The molecule has 1 heterocycles. The van der Waals surface area contributed by atoms with E-state index in [2.05, 4.69) is 10.1 Å². The van der Waals surface area contributed by atoms with Crippen LogP contribution in [0.2, 0.25) is 0 Å². The average Bonchev–Trinajstić information content (AvgIpc) is 2.45. The van der Waals surface area contributed by atoms with E-state index >= 15 is 0 Å². The normalized spacial score (nSPS) is 11.0. The summed E-state index contributed by atoms with van der Waals surface area (Å²) in [6.45, 7) is 2.11. The van der Waals surface area contributed by atoms with Gasteiger partial charge < -0.3 is 10.5 Å². The number of carbonyl (C=O) groups excluding carboxylic acids is 1. The molecule has 20 heavy (non-hydrogen) atoms. The summed E-state index contributed by atoms with van der Waals surface area (Å²) >= 11 is 6.33. The van der Waals surface area contributed by atoms with Crippen molar-refractivity contribution in [3.63, 3.8) is 0 Å². The fourth-order valence-corrected chi connectivity index (χ4v) is 1.97. The van der Waals surface area contributed by atoms with E-state index in [0.717, 1.165) is 5.56 Å². The van der Waals surface area contributed by atoms with Crippen LogP contribution in [0.15, 0.2) is 29.6 Å². The number of hydrazone groups is 1. The highest BCUT2D eigenvalue weighted by atomic mass is 32.2. The van der Waals surface area contributed by atoms with Crippen molar-refractivity contribution in [3.05, 3.63) is 30.1 Å². The number of thiocarbonyl (C=S) groups is 1. The smallest absolute Gasteiger partial charge is 0.316 e. The monoisotopic (exact) mass is 312 g/mol. The Bertz CT molecular complexity index is 493. The van der Waals surface area contributed by atoms with Crippen molar-refractivity contribution in [2.24, 2.45) is 10.8 Å². The van der Waals surface area contributed by atoms with Crippen LogP contribution in [-0.4, -0.2) is 45.5 Å². The molecule has 0 fully saturated rings. The maximum absolute atomic E-state index is 11.2. The Labute approximate surface area is 127 Å². The maximum atomic E-state index is 11.2. The number of ether oxygens (including phenoxy) is 1. The summed E-state index contributed by atoms with van der Waals surface area (Å²) in [5.74, 6) is 0.176. The van der Waals surface area contributed by atoms with Gasteiger partial charge in [-0.05, 0) is 19.1 Å². The number of hydrogen-bond acceptors (Lipinski definition) is 6. The molecule has 1 rings (SSSR count). The van der Waals surface area contributed by atoms with E-state index < -0.39 is 0 Å². The minimum Gasteiger partial charge on any atom is -0.465 e. The summed E-state index contributed by atoms with van der Waals surface area (Å²) in [6, 6.07) is 3.50. The number of pyridine rings is 1. The largest absolute Gasteiger partial charge is 0.465 e. The Morgan fingerprint density at radius 1 is 1.55 bits per heavy atom. The molecule has 0 radical (unpaired) electrons. The van der Waals surface area contributed by atoms with Gasteiger partial charge in [0.2, 0.25) is 0 Å². The molecule has 0 unspecified atom stereocenters. The van der Waals surface area contributed by atoms with Gasteiger partial charge in [-0.2, -0.15) is 5.10 Å². The van der Waals surface area contributed by atoms with Crippen LogP contribution in [0.5, 0.6) is 0 Å². The zero-order chi connectivity index (χ0) is 15.0. The summed E-state index contributed by atoms with van der Waals surface area (Å²) in [5.41, 5.74) is 6.61. The predicted molar refractivity (Wildman–Crippen MR) is 84.4 cm³/mol. The van der Waals surface area contributed by atoms with E-state index in [9.17, 15) is 4.79 Å². The van der Waals surface area contributed by atoms with Gasteiger partial charge >= 0.3 is 5.97 Å². The lowest BCUT2D eigenvalue weighted by atomic mass is 10.2. The van der Waals surface area contributed by atoms with Crippen LogP contribution < -0.4 is 5.73 Å². The number of esters is 1. The van der Waals surface area contributed by atoms with Crippen molar-refractivity contribution >= 4 is 40.1 Å². The first-order chi connectivity index (χ1) is 9.54. The van der Waals surface area contributed by atoms with Gasteiger partial charge in [0.25, 0.3) is 0 Å². The molecule has 1 aromatic rings. The molecular formula is C12H16N4O2S2. The third-order valence-electron chi connectivity index (χ3n) is 2.12. The van der Waals surface area contributed by atoms with Crippen LogP contribution in [0, 0.1) is 0 Å². The summed E-state index contributed by atoms with van der Waals surface area (Å²) in [6.07, 6.45) is 3.26. The second-order valence-corrected chi connectivity index (χ2v) is 5.21. The van der Waals surface area contributed by atoms with Crippen LogP contribution in [0.4, 0.5) is 0 Å². The maximum Gasteiger partial charge on any atom is 0.316 e. The van der Waals surface area contributed by atoms with E-state index in [-0.39, 0.29) is 11.7 Å². The molecule has 0 aliphatic heterocycles. The van der Waals surface area contributed by atoms with Crippen LogP contribution in [0.25, 0.3) is 0 Å². The number of nitrogens with two attached hydrogens (primary N) is 1. The van der Waals surface area contributed by atoms with Crippen molar-refractivity contribution in [1.29, 1.82) is 0 Å². The van der Waals surface area contributed by atoms with E-state index in [1.54, 1.807) is 38.5 Å². The van der Waals surface area contributed by atoms with Crippen molar-refractivity contribution in [1.82, 2.24) is 9.99 Å². The second-order valence-electron chi connectivity index (χ2n) is 3.60. The summed E-state index contributed by atoms with van der Waals surface area (Å²) in [5, 5.41) is 5.61. The van der Waals surface area contributed by atoms with E-state index in [4.69, 9.17) is 22.7 Å². The lowest BCUT2D eigenvalue weighted by Crippen LogP contribution is -2.24. The molecule has 0 spiro atoms. The van der Waals surface area contributed by atoms with Crippen molar-refractivity contribution in [3.8, 4) is 0 Å². The molecule has 0 bridgehead atoms. The van der Waals surface area contributed by atoms with Crippen LogP contribution in [0.3, 0.4) is 0 Å². The molecule has 0 saturated heterocycles. The molecule has 0 amide bonds. The molecule has 0 atom stereocenters. The molecule has 2 N–H and O–H groups in total. The highest BCUT2D eigenvalue weighted by Crippen LogP contribution is 2.09.